The van der Waals surface area contributed by atoms with Crippen LogP contribution in [0.4, 0.5) is 17.1 Å². The van der Waals surface area contributed by atoms with Gasteiger partial charge in [-0.25, -0.2) is 0 Å². The van der Waals surface area contributed by atoms with E-state index < -0.39 is 17.5 Å². The van der Waals surface area contributed by atoms with Gasteiger partial charge >= 0.3 is 0 Å². The molecule has 10 aromatic rings. The van der Waals surface area contributed by atoms with Gasteiger partial charge in [-0.2, -0.15) is 0 Å². The van der Waals surface area contributed by atoms with Gasteiger partial charge < -0.3 is 4.90 Å². The first-order chi connectivity index (χ1) is 31.0. The zero-order valence-corrected chi connectivity index (χ0v) is 31.2. The van der Waals surface area contributed by atoms with E-state index in [1.165, 1.54) is 4.90 Å². The van der Waals surface area contributed by atoms with E-state index in [1.807, 2.05) is 121 Å². The molecule has 1 heterocycles. The van der Waals surface area contributed by atoms with Crippen molar-refractivity contribution in [1.29, 1.82) is 0 Å². The van der Waals surface area contributed by atoms with E-state index in [9.17, 15) is 11.0 Å². The molecular formula is C54H37NS. The molecule has 1 nitrogen and oxygen atoms in total. The van der Waals surface area contributed by atoms with Gasteiger partial charge in [0.1, 0.15) is 0 Å². The predicted molar refractivity (Wildman–Crippen MR) is 240 cm³/mol. The van der Waals surface area contributed by atoms with Gasteiger partial charge in [-0.05, 0) is 111 Å². The molecule has 11 rings (SSSR count). The van der Waals surface area contributed by atoms with E-state index in [2.05, 4.69) is 37.3 Å². The molecule has 9 aromatic carbocycles. The molecule has 0 amide bonds. The van der Waals surface area contributed by atoms with Gasteiger partial charge in [0, 0.05) is 42.5 Å². The molecule has 0 radical (unpaired) electrons. The molecule has 0 fully saturated rings. The summed E-state index contributed by atoms with van der Waals surface area (Å²) in [6, 6.07) is 48.4. The fourth-order valence-corrected chi connectivity index (χ4v) is 9.70. The van der Waals surface area contributed by atoms with E-state index in [0.717, 1.165) is 58.8 Å². The van der Waals surface area contributed by atoms with Crippen molar-refractivity contribution in [2.24, 2.45) is 0 Å². The summed E-state index contributed by atoms with van der Waals surface area (Å²) in [7, 11) is 0. The van der Waals surface area contributed by atoms with E-state index in [1.54, 1.807) is 17.4 Å². The highest BCUT2D eigenvalue weighted by Gasteiger charge is 2.42. The fourth-order valence-electron chi connectivity index (χ4n) is 8.61. The van der Waals surface area contributed by atoms with Crippen LogP contribution in [0.3, 0.4) is 0 Å². The number of benzene rings is 9. The van der Waals surface area contributed by atoms with Gasteiger partial charge in [0.2, 0.25) is 0 Å². The standard InChI is InChI=1S/C54H37NS/c1-54(40-17-3-2-4-18-40)48-24-9-7-22-46(48)53-49(54)25-13-26-50(53)55(41-31-28-37(29-32-41)44-23-12-15-36-14-5-6-20-43(36)44)42-19-11-16-38(34-42)39-30-33-52-47(35-39)45-21-8-10-27-51(45)56-52/h2-35H,1H3/i11D,16D,19D,28D,29D,31D,32D,34D. The third-order valence-corrected chi connectivity index (χ3v) is 12.5. The van der Waals surface area contributed by atoms with Crippen molar-refractivity contribution in [3.63, 3.8) is 0 Å². The summed E-state index contributed by atoms with van der Waals surface area (Å²) in [5, 5.41) is 3.64. The molecular weight excluding hydrogens is 695 g/mol. The Morgan fingerprint density at radius 1 is 0.500 bits per heavy atom. The average Bonchev–Trinajstić information content (AvgIpc) is 3.83. The van der Waals surface area contributed by atoms with Crippen LogP contribution in [-0.2, 0) is 5.41 Å². The lowest BCUT2D eigenvalue weighted by atomic mass is 9.74. The molecule has 1 aliphatic rings. The van der Waals surface area contributed by atoms with E-state index in [0.29, 0.717) is 16.8 Å². The lowest BCUT2D eigenvalue weighted by Gasteiger charge is -2.31. The van der Waals surface area contributed by atoms with Crippen LogP contribution in [0.1, 0.15) is 34.6 Å². The number of thiophene rings is 1. The molecule has 0 aliphatic heterocycles. The maximum Gasteiger partial charge on any atom is 0.0651 e. The second-order valence-corrected chi connectivity index (χ2v) is 15.4. The molecule has 0 N–H and O–H groups in total. The monoisotopic (exact) mass is 739 g/mol. The molecule has 0 spiro atoms. The lowest BCUT2D eigenvalue weighted by Crippen LogP contribution is -2.22. The first-order valence-corrected chi connectivity index (χ1v) is 19.5. The van der Waals surface area contributed by atoms with E-state index >= 15 is 0 Å². The van der Waals surface area contributed by atoms with Crippen LogP contribution < -0.4 is 4.90 Å². The first kappa shape index (κ1) is 25.4. The lowest BCUT2D eigenvalue weighted by molar-refractivity contribution is 0.714. The number of hydrogen-bond donors (Lipinski definition) is 0. The van der Waals surface area contributed by atoms with Crippen LogP contribution in [0.2, 0.25) is 0 Å². The highest BCUT2D eigenvalue weighted by Crippen LogP contribution is 2.56. The van der Waals surface area contributed by atoms with Crippen LogP contribution in [0.15, 0.2) is 206 Å². The Bertz CT molecular complexity index is 3550. The van der Waals surface area contributed by atoms with Crippen LogP contribution >= 0.6 is 11.3 Å². The summed E-state index contributed by atoms with van der Waals surface area (Å²) < 4.78 is 79.7. The van der Waals surface area contributed by atoms with Gasteiger partial charge in [0.05, 0.1) is 16.7 Å². The van der Waals surface area contributed by atoms with Gasteiger partial charge in [0.15, 0.2) is 0 Å². The summed E-state index contributed by atoms with van der Waals surface area (Å²) in [6.07, 6.45) is 0. The molecule has 1 aromatic heterocycles. The third-order valence-electron chi connectivity index (χ3n) is 11.3. The van der Waals surface area contributed by atoms with E-state index in [4.69, 9.17) is 0 Å². The molecule has 1 unspecified atom stereocenters. The smallest absolute Gasteiger partial charge is 0.0651 e. The Balaban J connectivity index is 1.25. The van der Waals surface area contributed by atoms with Crippen molar-refractivity contribution in [1.82, 2.24) is 0 Å². The molecule has 0 saturated carbocycles. The Labute approximate surface area is 342 Å². The van der Waals surface area contributed by atoms with Crippen LogP contribution in [0, 0.1) is 0 Å². The number of hydrogen-bond acceptors (Lipinski definition) is 2. The van der Waals surface area contributed by atoms with Crippen LogP contribution in [-0.4, -0.2) is 0 Å². The Hall–Kier alpha value is -6.74. The van der Waals surface area contributed by atoms with Crippen molar-refractivity contribution >= 4 is 59.3 Å². The first-order valence-electron chi connectivity index (χ1n) is 22.7. The highest BCUT2D eigenvalue weighted by molar-refractivity contribution is 7.25. The predicted octanol–water partition coefficient (Wildman–Crippen LogP) is 15.3. The molecule has 1 aliphatic carbocycles. The van der Waals surface area contributed by atoms with Crippen molar-refractivity contribution in [3.8, 4) is 33.4 Å². The number of fused-ring (bicyclic) bond motifs is 7. The minimum atomic E-state index is -0.662. The number of nitrogens with zero attached hydrogens (tertiary/aromatic N) is 1. The molecule has 0 saturated heterocycles. The summed E-state index contributed by atoms with van der Waals surface area (Å²) in [4.78, 5) is 1.50. The zero-order chi connectivity index (χ0) is 44.2. The quantitative estimate of drug-likeness (QED) is 0.164. The Morgan fingerprint density at radius 3 is 2.09 bits per heavy atom. The van der Waals surface area contributed by atoms with Gasteiger partial charge in [-0.15, -0.1) is 11.3 Å². The summed E-state index contributed by atoms with van der Waals surface area (Å²) in [5.74, 6) is 0. The largest absolute Gasteiger partial charge is 0.310 e. The second-order valence-electron chi connectivity index (χ2n) is 14.4. The normalized spacial score (nSPS) is 16.6. The summed E-state index contributed by atoms with van der Waals surface area (Å²) in [6.45, 7) is 2.17. The third kappa shape index (κ3) is 5.07. The molecule has 1 atom stereocenters. The molecule has 2 heteroatoms. The van der Waals surface area contributed by atoms with E-state index in [-0.39, 0.29) is 58.8 Å². The SMILES string of the molecule is [2H]c1c([2H])c(-c2ccc3sc4ccccc4c3c2)c([2H])c(N(c2cccc3c2-c2ccccc2C3(C)c2ccccc2)c2c([2H])c([2H])c(-c3cccc4ccccc34)c([2H])c2[2H])c1[2H]. The van der Waals surface area contributed by atoms with Crippen LogP contribution in [0.5, 0.6) is 0 Å². The van der Waals surface area contributed by atoms with Crippen molar-refractivity contribution in [2.45, 2.75) is 12.3 Å². The molecule has 264 valence electrons. The van der Waals surface area contributed by atoms with Crippen molar-refractivity contribution < 1.29 is 11.0 Å². The Kier molecular flexibility index (Phi) is 5.86. The Morgan fingerprint density at radius 2 is 1.20 bits per heavy atom. The molecule has 56 heavy (non-hydrogen) atoms. The van der Waals surface area contributed by atoms with Gasteiger partial charge in [-0.3, -0.25) is 0 Å². The summed E-state index contributed by atoms with van der Waals surface area (Å²) >= 11 is 1.65. The maximum absolute atomic E-state index is 10.1. The highest BCUT2D eigenvalue weighted by atomic mass is 32.1. The van der Waals surface area contributed by atoms with Gasteiger partial charge in [0.25, 0.3) is 0 Å². The zero-order valence-electron chi connectivity index (χ0n) is 38.4. The van der Waals surface area contributed by atoms with Gasteiger partial charge in [-0.1, -0.05) is 158 Å². The summed E-state index contributed by atoms with van der Waals surface area (Å²) in [5.41, 5.74) is 5.41. The maximum atomic E-state index is 10.1. The van der Waals surface area contributed by atoms with Crippen LogP contribution in [0.25, 0.3) is 64.3 Å². The topological polar surface area (TPSA) is 3.24 Å². The second kappa shape index (κ2) is 12.9. The number of rotatable bonds is 6. The average molecular weight is 740 g/mol. The minimum absolute atomic E-state index is 0.121. The fraction of sp³-hybridized carbons (Fsp3) is 0.0370. The molecule has 0 bridgehead atoms. The van der Waals surface area contributed by atoms with Crippen molar-refractivity contribution in [3.05, 3.63) is 223 Å². The van der Waals surface area contributed by atoms with Crippen molar-refractivity contribution in [2.75, 3.05) is 4.90 Å². The minimum Gasteiger partial charge on any atom is -0.310 e. The number of anilines is 3.